The van der Waals surface area contributed by atoms with Crippen molar-refractivity contribution in [2.45, 2.75) is 19.8 Å². The van der Waals surface area contributed by atoms with Crippen molar-refractivity contribution >= 4 is 11.6 Å². The molecule has 3 rings (SSSR count). The number of hydrogen-bond donors (Lipinski definition) is 2. The molecule has 0 saturated carbocycles. The summed E-state index contributed by atoms with van der Waals surface area (Å²) in [6.07, 6.45) is 2.68. The Labute approximate surface area is 134 Å². The van der Waals surface area contributed by atoms with Crippen molar-refractivity contribution in [3.8, 4) is 11.5 Å². The van der Waals surface area contributed by atoms with Gasteiger partial charge in [0.2, 0.25) is 5.91 Å². The van der Waals surface area contributed by atoms with E-state index < -0.39 is 0 Å². The minimum Gasteiger partial charge on any atom is -0.325 e. The summed E-state index contributed by atoms with van der Waals surface area (Å²) in [5.41, 5.74) is 2.61. The third-order valence-electron chi connectivity index (χ3n) is 3.43. The fourth-order valence-corrected chi connectivity index (χ4v) is 2.28. The van der Waals surface area contributed by atoms with Gasteiger partial charge in [-0.2, -0.15) is 5.10 Å². The summed E-state index contributed by atoms with van der Waals surface area (Å²) >= 11 is 0. The van der Waals surface area contributed by atoms with Gasteiger partial charge in [0.05, 0.1) is 6.42 Å². The molecule has 0 bridgehead atoms. The van der Waals surface area contributed by atoms with E-state index in [-0.39, 0.29) is 12.3 Å². The largest absolute Gasteiger partial charge is 0.325 e. The zero-order valence-corrected chi connectivity index (χ0v) is 12.8. The molecule has 0 unspecified atom stereocenters. The molecule has 0 spiro atoms. The van der Waals surface area contributed by atoms with Crippen LogP contribution in [0.1, 0.15) is 18.3 Å². The van der Waals surface area contributed by atoms with Crippen LogP contribution >= 0.6 is 0 Å². The van der Waals surface area contributed by atoms with Crippen LogP contribution in [0.2, 0.25) is 0 Å². The van der Waals surface area contributed by atoms with Crippen LogP contribution in [-0.2, 0) is 17.6 Å². The molecule has 2 aromatic heterocycles. The predicted octanol–water partition coefficient (Wildman–Crippen LogP) is 2.61. The monoisotopic (exact) mass is 307 g/mol. The Morgan fingerprint density at radius 3 is 2.78 bits per heavy atom. The smallest absolute Gasteiger partial charge is 0.232 e. The van der Waals surface area contributed by atoms with E-state index in [4.69, 9.17) is 0 Å². The summed E-state index contributed by atoms with van der Waals surface area (Å²) in [5, 5.41) is 9.81. The van der Waals surface area contributed by atoms with E-state index >= 15 is 0 Å². The molecule has 0 radical (unpaired) electrons. The maximum absolute atomic E-state index is 12.2. The van der Waals surface area contributed by atoms with Crippen LogP contribution in [0.3, 0.4) is 0 Å². The van der Waals surface area contributed by atoms with E-state index in [0.717, 1.165) is 17.7 Å². The van der Waals surface area contributed by atoms with Crippen LogP contribution in [-0.4, -0.2) is 26.1 Å². The highest BCUT2D eigenvalue weighted by Crippen LogP contribution is 2.16. The second-order valence-corrected chi connectivity index (χ2v) is 5.06. The highest BCUT2D eigenvalue weighted by molar-refractivity contribution is 5.92. The van der Waals surface area contributed by atoms with Crippen molar-refractivity contribution in [3.05, 3.63) is 60.0 Å². The molecular weight excluding hydrogens is 290 g/mol. The Bertz CT molecular complexity index is 798. The number of anilines is 1. The maximum atomic E-state index is 12.2. The second-order valence-electron chi connectivity index (χ2n) is 5.06. The number of pyridine rings is 1. The zero-order chi connectivity index (χ0) is 16.1. The minimum atomic E-state index is -0.130. The second kappa shape index (κ2) is 6.83. The van der Waals surface area contributed by atoms with Crippen LogP contribution in [0, 0.1) is 0 Å². The van der Waals surface area contributed by atoms with Gasteiger partial charge < -0.3 is 5.32 Å². The van der Waals surface area contributed by atoms with Gasteiger partial charge in [-0.05, 0) is 30.2 Å². The molecule has 6 heteroatoms. The lowest BCUT2D eigenvalue weighted by molar-refractivity contribution is -0.115. The number of aromatic amines is 1. The number of carbonyl (C=O) groups excluding carboxylic acids is 1. The topological polar surface area (TPSA) is 83.6 Å². The summed E-state index contributed by atoms with van der Waals surface area (Å²) < 4.78 is 0. The van der Waals surface area contributed by atoms with Gasteiger partial charge in [-0.3, -0.25) is 14.9 Å². The van der Waals surface area contributed by atoms with Gasteiger partial charge in [-0.1, -0.05) is 31.2 Å². The van der Waals surface area contributed by atoms with E-state index in [1.165, 1.54) is 0 Å². The van der Waals surface area contributed by atoms with Gasteiger partial charge in [0.15, 0.2) is 5.82 Å². The molecule has 0 atom stereocenters. The number of nitrogens with zero attached hydrogens (tertiary/aromatic N) is 3. The summed E-state index contributed by atoms with van der Waals surface area (Å²) in [7, 11) is 0. The molecule has 1 amide bonds. The molecule has 116 valence electrons. The number of carbonyl (C=O) groups is 1. The highest BCUT2D eigenvalue weighted by Gasteiger charge is 2.11. The Kier molecular flexibility index (Phi) is 4.42. The summed E-state index contributed by atoms with van der Waals surface area (Å²) in [6, 6.07) is 13.3. The molecule has 0 aliphatic heterocycles. The van der Waals surface area contributed by atoms with E-state index in [2.05, 4.69) is 32.4 Å². The molecule has 0 saturated heterocycles. The first-order valence-corrected chi connectivity index (χ1v) is 7.46. The van der Waals surface area contributed by atoms with E-state index in [1.54, 1.807) is 6.20 Å². The normalized spacial score (nSPS) is 10.5. The predicted molar refractivity (Wildman–Crippen MR) is 87.8 cm³/mol. The average Bonchev–Trinajstić information content (AvgIpc) is 3.04. The molecule has 1 aromatic carbocycles. The van der Waals surface area contributed by atoms with Crippen molar-refractivity contribution in [2.75, 3.05) is 5.32 Å². The van der Waals surface area contributed by atoms with Crippen molar-refractivity contribution in [3.63, 3.8) is 0 Å². The lowest BCUT2D eigenvalue weighted by Gasteiger charge is -2.08. The van der Waals surface area contributed by atoms with Crippen molar-refractivity contribution in [1.29, 1.82) is 0 Å². The standard InChI is InChI=1S/C17H17N5O/c1-2-12-7-3-4-8-13(12)19-16(23)11-15-20-17(22-21-15)14-9-5-6-10-18-14/h3-10H,2,11H2,1H3,(H,19,23)(H,20,21,22). The first-order valence-electron chi connectivity index (χ1n) is 7.46. The average molecular weight is 307 g/mol. The Morgan fingerprint density at radius 1 is 1.17 bits per heavy atom. The van der Waals surface area contributed by atoms with Gasteiger partial charge >= 0.3 is 0 Å². The number of para-hydroxylation sites is 1. The van der Waals surface area contributed by atoms with Crippen LogP contribution in [0.4, 0.5) is 5.69 Å². The number of rotatable bonds is 5. The molecule has 2 N–H and O–H groups in total. The summed E-state index contributed by atoms with van der Waals surface area (Å²) in [6.45, 7) is 2.06. The number of aromatic nitrogens is 4. The number of aryl methyl sites for hydroxylation is 1. The van der Waals surface area contributed by atoms with E-state index in [0.29, 0.717) is 17.3 Å². The van der Waals surface area contributed by atoms with Crippen LogP contribution in [0.25, 0.3) is 11.5 Å². The molecule has 0 aliphatic rings. The van der Waals surface area contributed by atoms with Gasteiger partial charge in [-0.25, -0.2) is 4.98 Å². The number of amides is 1. The number of benzene rings is 1. The first-order chi connectivity index (χ1) is 11.3. The Hall–Kier alpha value is -3.02. The van der Waals surface area contributed by atoms with Gasteiger partial charge in [-0.15, -0.1) is 0 Å². The van der Waals surface area contributed by atoms with Gasteiger partial charge in [0.25, 0.3) is 0 Å². The highest BCUT2D eigenvalue weighted by atomic mass is 16.1. The van der Waals surface area contributed by atoms with Crippen molar-refractivity contribution in [1.82, 2.24) is 20.2 Å². The fraction of sp³-hybridized carbons (Fsp3) is 0.176. The van der Waals surface area contributed by atoms with Crippen LogP contribution < -0.4 is 5.32 Å². The number of H-pyrrole nitrogens is 1. The van der Waals surface area contributed by atoms with Gasteiger partial charge in [0, 0.05) is 11.9 Å². The lowest BCUT2D eigenvalue weighted by Crippen LogP contribution is -2.16. The summed E-state index contributed by atoms with van der Waals surface area (Å²) in [4.78, 5) is 20.7. The fourth-order valence-electron chi connectivity index (χ4n) is 2.28. The molecule has 6 nitrogen and oxygen atoms in total. The molecule has 0 fully saturated rings. The first kappa shape index (κ1) is 14.9. The Balaban J connectivity index is 1.68. The van der Waals surface area contributed by atoms with E-state index in [1.807, 2.05) is 42.5 Å². The maximum Gasteiger partial charge on any atom is 0.232 e. The number of nitrogens with one attached hydrogen (secondary N) is 2. The number of hydrogen-bond acceptors (Lipinski definition) is 4. The van der Waals surface area contributed by atoms with Crippen LogP contribution in [0.5, 0.6) is 0 Å². The molecule has 0 aliphatic carbocycles. The summed E-state index contributed by atoms with van der Waals surface area (Å²) in [5.74, 6) is 0.870. The van der Waals surface area contributed by atoms with Gasteiger partial charge in [0.1, 0.15) is 11.5 Å². The molecule has 2 heterocycles. The molecule has 3 aromatic rings. The third-order valence-corrected chi connectivity index (χ3v) is 3.43. The third kappa shape index (κ3) is 3.60. The Morgan fingerprint density at radius 2 is 2.00 bits per heavy atom. The van der Waals surface area contributed by atoms with Crippen LogP contribution in [0.15, 0.2) is 48.7 Å². The molecular formula is C17H17N5O. The van der Waals surface area contributed by atoms with E-state index in [9.17, 15) is 4.79 Å². The SMILES string of the molecule is CCc1ccccc1NC(=O)Cc1nc(-c2ccccn2)n[nH]1. The quantitative estimate of drug-likeness (QED) is 0.759. The zero-order valence-electron chi connectivity index (χ0n) is 12.8. The minimum absolute atomic E-state index is 0.130. The lowest BCUT2D eigenvalue weighted by atomic mass is 10.1. The van der Waals surface area contributed by atoms with Crippen molar-refractivity contribution < 1.29 is 4.79 Å². The molecule has 23 heavy (non-hydrogen) atoms. The van der Waals surface area contributed by atoms with Crippen molar-refractivity contribution in [2.24, 2.45) is 0 Å².